The van der Waals surface area contributed by atoms with Crippen LogP contribution in [0.1, 0.15) is 39.4 Å². The summed E-state index contributed by atoms with van der Waals surface area (Å²) in [5.74, 6) is -0.414. The minimum absolute atomic E-state index is 0.201. The molecule has 4 rings (SSSR count). The molecule has 0 aliphatic rings. The van der Waals surface area contributed by atoms with Gasteiger partial charge in [0.25, 0.3) is 11.8 Å². The van der Waals surface area contributed by atoms with Crippen molar-refractivity contribution in [3.05, 3.63) is 70.6 Å². The zero-order chi connectivity index (χ0) is 22.7. The number of benzene rings is 2. The highest BCUT2D eigenvalue weighted by molar-refractivity contribution is 7.29. The zero-order valence-corrected chi connectivity index (χ0v) is 19.8. The Morgan fingerprint density at radius 2 is 1.69 bits per heavy atom. The Kier molecular flexibility index (Phi) is 6.53. The van der Waals surface area contributed by atoms with E-state index in [1.54, 1.807) is 29.5 Å². The third kappa shape index (κ3) is 4.51. The summed E-state index contributed by atoms with van der Waals surface area (Å²) in [6.45, 7) is 7.85. The van der Waals surface area contributed by atoms with Gasteiger partial charge in [0.2, 0.25) is 0 Å². The predicted molar refractivity (Wildman–Crippen MR) is 135 cm³/mol. The van der Waals surface area contributed by atoms with Crippen molar-refractivity contribution in [3.63, 3.8) is 0 Å². The molecule has 164 valence electrons. The maximum atomic E-state index is 12.9. The summed E-state index contributed by atoms with van der Waals surface area (Å²) in [4.78, 5) is 34.0. The summed E-state index contributed by atoms with van der Waals surface area (Å²) >= 11 is 2.99. The molecule has 2 amide bonds. The van der Waals surface area contributed by atoms with Crippen LogP contribution in [0.2, 0.25) is 0 Å². The molecule has 8 heteroatoms. The van der Waals surface area contributed by atoms with E-state index in [-0.39, 0.29) is 11.8 Å². The Bertz CT molecular complexity index is 1230. The maximum absolute atomic E-state index is 12.9. The number of thiazole rings is 1. The Hall–Kier alpha value is -3.23. The van der Waals surface area contributed by atoms with E-state index in [2.05, 4.69) is 34.4 Å². The van der Waals surface area contributed by atoms with Crippen molar-refractivity contribution >= 4 is 60.5 Å². The number of para-hydroxylation sites is 1. The third-order valence-electron chi connectivity index (χ3n) is 5.19. The van der Waals surface area contributed by atoms with Gasteiger partial charge < -0.3 is 15.5 Å². The number of amides is 2. The molecule has 32 heavy (non-hydrogen) atoms. The van der Waals surface area contributed by atoms with Gasteiger partial charge in [-0.2, -0.15) is 0 Å². The van der Waals surface area contributed by atoms with Gasteiger partial charge in [-0.1, -0.05) is 35.6 Å². The molecule has 2 aromatic heterocycles. The lowest BCUT2D eigenvalue weighted by atomic mass is 10.1. The number of anilines is 3. The maximum Gasteiger partial charge on any atom is 0.265 e. The minimum Gasteiger partial charge on any atom is -0.349 e. The third-order valence-corrected chi connectivity index (χ3v) is 7.41. The Labute approximate surface area is 194 Å². The number of hydrogen-bond acceptors (Lipinski definition) is 6. The highest BCUT2D eigenvalue weighted by Gasteiger charge is 2.18. The van der Waals surface area contributed by atoms with Crippen molar-refractivity contribution in [1.29, 1.82) is 0 Å². The number of aromatic nitrogens is 1. The van der Waals surface area contributed by atoms with Crippen LogP contribution in [0.3, 0.4) is 0 Å². The van der Waals surface area contributed by atoms with Gasteiger partial charge in [-0.3, -0.25) is 9.59 Å². The highest BCUT2D eigenvalue weighted by Crippen LogP contribution is 2.35. The summed E-state index contributed by atoms with van der Waals surface area (Å²) in [7, 11) is 0. The smallest absolute Gasteiger partial charge is 0.265 e. The fourth-order valence-electron chi connectivity index (χ4n) is 3.39. The first-order chi connectivity index (χ1) is 15.5. The topological polar surface area (TPSA) is 74.3 Å². The summed E-state index contributed by atoms with van der Waals surface area (Å²) in [6, 6.07) is 16.5. The Morgan fingerprint density at radius 1 is 0.938 bits per heavy atom. The van der Waals surface area contributed by atoms with E-state index >= 15 is 0 Å². The molecule has 0 radical (unpaired) electrons. The molecule has 0 saturated heterocycles. The van der Waals surface area contributed by atoms with E-state index < -0.39 is 0 Å². The van der Waals surface area contributed by atoms with Crippen LogP contribution in [-0.2, 0) is 0 Å². The number of nitrogens with one attached hydrogen (secondary N) is 2. The quantitative estimate of drug-likeness (QED) is 0.351. The first-order valence-corrected chi connectivity index (χ1v) is 12.1. The number of hydrogen-bond donors (Lipinski definition) is 2. The van der Waals surface area contributed by atoms with E-state index in [0.717, 1.165) is 39.0 Å². The fourth-order valence-corrected chi connectivity index (χ4v) is 5.62. The molecule has 0 aliphatic carbocycles. The summed E-state index contributed by atoms with van der Waals surface area (Å²) in [6.07, 6.45) is 0. The molecule has 6 nitrogen and oxygen atoms in total. The summed E-state index contributed by atoms with van der Waals surface area (Å²) < 4.78 is 1.01. The van der Waals surface area contributed by atoms with Crippen molar-refractivity contribution < 1.29 is 9.59 Å². The lowest BCUT2D eigenvalue weighted by molar-refractivity contribution is 0.101. The number of fused-ring (bicyclic) bond motifs is 1. The number of nitrogens with zero attached hydrogens (tertiary/aromatic N) is 2. The fraction of sp³-hybridized carbons (Fsp3) is 0.208. The van der Waals surface area contributed by atoms with Crippen molar-refractivity contribution in [2.24, 2.45) is 0 Å². The van der Waals surface area contributed by atoms with Gasteiger partial charge in [-0.25, -0.2) is 4.98 Å². The average Bonchev–Trinajstić information content (AvgIpc) is 3.36. The van der Waals surface area contributed by atoms with Crippen molar-refractivity contribution in [1.82, 2.24) is 4.98 Å². The molecule has 0 atom stereocenters. The van der Waals surface area contributed by atoms with E-state index in [0.29, 0.717) is 16.1 Å². The average molecular weight is 465 g/mol. The second-order valence-electron chi connectivity index (χ2n) is 7.20. The van der Waals surface area contributed by atoms with Gasteiger partial charge in [-0.05, 0) is 56.7 Å². The molecular formula is C24H24N4O2S2. The molecule has 0 spiro atoms. The number of carbonyl (C=O) groups is 2. The SMILES string of the molecule is CCN(CC)c1nc2sc(C(=O)Nc3cccc(C(=O)Nc4ccccc4)c3C)cc2s1. The van der Waals surface area contributed by atoms with Gasteiger partial charge in [0.1, 0.15) is 4.83 Å². The normalized spacial score (nSPS) is 10.8. The van der Waals surface area contributed by atoms with Gasteiger partial charge in [0.15, 0.2) is 5.13 Å². The first kappa shape index (κ1) is 22.0. The van der Waals surface area contributed by atoms with Gasteiger partial charge >= 0.3 is 0 Å². The van der Waals surface area contributed by atoms with Crippen LogP contribution in [0.25, 0.3) is 9.53 Å². The molecule has 0 fully saturated rings. The van der Waals surface area contributed by atoms with E-state index in [1.165, 1.54) is 11.3 Å². The predicted octanol–water partition coefficient (Wildman–Crippen LogP) is 6.02. The lowest BCUT2D eigenvalue weighted by Crippen LogP contribution is -2.21. The summed E-state index contributed by atoms with van der Waals surface area (Å²) in [5, 5.41) is 6.83. The monoisotopic (exact) mass is 464 g/mol. The van der Waals surface area contributed by atoms with Crippen LogP contribution < -0.4 is 15.5 Å². The van der Waals surface area contributed by atoms with Crippen LogP contribution in [0.4, 0.5) is 16.5 Å². The molecule has 0 saturated carbocycles. The molecule has 2 aromatic carbocycles. The molecule has 4 aromatic rings. The van der Waals surface area contributed by atoms with Gasteiger partial charge in [0.05, 0.1) is 9.58 Å². The molecule has 2 heterocycles. The highest BCUT2D eigenvalue weighted by atomic mass is 32.1. The van der Waals surface area contributed by atoms with Gasteiger partial charge in [-0.15, -0.1) is 11.3 Å². The van der Waals surface area contributed by atoms with E-state index in [9.17, 15) is 9.59 Å². The van der Waals surface area contributed by atoms with Crippen LogP contribution in [0.15, 0.2) is 54.6 Å². The molecular weight excluding hydrogens is 440 g/mol. The van der Waals surface area contributed by atoms with Gasteiger partial charge in [0, 0.05) is 30.0 Å². The molecule has 0 bridgehead atoms. The van der Waals surface area contributed by atoms with Crippen LogP contribution in [0.5, 0.6) is 0 Å². The first-order valence-electron chi connectivity index (χ1n) is 10.4. The Balaban J connectivity index is 1.51. The number of carbonyl (C=O) groups excluding carboxylic acids is 2. The van der Waals surface area contributed by atoms with E-state index in [1.807, 2.05) is 43.3 Å². The molecule has 0 unspecified atom stereocenters. The van der Waals surface area contributed by atoms with Crippen LogP contribution >= 0.6 is 22.7 Å². The Morgan fingerprint density at radius 3 is 2.38 bits per heavy atom. The summed E-state index contributed by atoms with van der Waals surface area (Å²) in [5.41, 5.74) is 2.57. The van der Waals surface area contributed by atoms with Crippen LogP contribution in [0, 0.1) is 6.92 Å². The largest absolute Gasteiger partial charge is 0.349 e. The van der Waals surface area contributed by atoms with Crippen molar-refractivity contribution in [2.75, 3.05) is 28.6 Å². The van der Waals surface area contributed by atoms with Crippen molar-refractivity contribution in [3.8, 4) is 0 Å². The second-order valence-corrected chi connectivity index (χ2v) is 9.24. The zero-order valence-electron chi connectivity index (χ0n) is 18.1. The number of thiophene rings is 1. The number of rotatable bonds is 7. The molecule has 0 aliphatic heterocycles. The lowest BCUT2D eigenvalue weighted by Gasteiger charge is -2.16. The second kappa shape index (κ2) is 9.50. The minimum atomic E-state index is -0.213. The van der Waals surface area contributed by atoms with Crippen LogP contribution in [-0.4, -0.2) is 29.9 Å². The standard InChI is InChI=1S/C24H24N4O2S2/c1-4-28(5-2)24-27-23-20(32-24)14-19(31-23)22(30)26-18-13-9-12-17(15(18)3)21(29)25-16-10-7-6-8-11-16/h6-14H,4-5H2,1-3H3,(H,25,29)(H,26,30). The van der Waals surface area contributed by atoms with Crippen molar-refractivity contribution in [2.45, 2.75) is 20.8 Å². The molecule has 2 N–H and O–H groups in total. The van der Waals surface area contributed by atoms with E-state index in [4.69, 9.17) is 0 Å².